The molecule has 1 saturated heterocycles. The van der Waals surface area contributed by atoms with E-state index in [1.165, 1.54) is 0 Å². The number of hydrogen-bond acceptors (Lipinski definition) is 3. The lowest BCUT2D eigenvalue weighted by Gasteiger charge is -2.22. The van der Waals surface area contributed by atoms with Gasteiger partial charge in [0.1, 0.15) is 0 Å². The van der Waals surface area contributed by atoms with Gasteiger partial charge in [0.2, 0.25) is 5.91 Å². The number of hydrogen-bond donors (Lipinski definition) is 1. The molecule has 1 aliphatic rings. The molecule has 1 heterocycles. The number of thioether (sulfide) groups is 1. The minimum Gasteiger partial charge on any atom is -0.325 e. The Morgan fingerprint density at radius 2 is 2.20 bits per heavy atom. The fourth-order valence-electron chi connectivity index (χ4n) is 1.97. The average molecular weight is 230 g/mol. The van der Waals surface area contributed by atoms with Gasteiger partial charge in [0.05, 0.1) is 12.2 Å². The summed E-state index contributed by atoms with van der Waals surface area (Å²) in [5.74, 6) is 1.69. The van der Waals surface area contributed by atoms with Crippen molar-refractivity contribution in [1.82, 2.24) is 10.2 Å². The van der Waals surface area contributed by atoms with E-state index in [4.69, 9.17) is 0 Å². The molecule has 0 saturated carbocycles. The lowest BCUT2D eigenvalue weighted by molar-refractivity contribution is -0.130. The summed E-state index contributed by atoms with van der Waals surface area (Å²) in [6.07, 6.45) is 3.31. The zero-order valence-electron chi connectivity index (χ0n) is 10.1. The largest absolute Gasteiger partial charge is 0.325 e. The van der Waals surface area contributed by atoms with Crippen LogP contribution < -0.4 is 5.32 Å². The van der Waals surface area contributed by atoms with Crippen LogP contribution in [0.25, 0.3) is 0 Å². The molecule has 0 spiro atoms. The summed E-state index contributed by atoms with van der Waals surface area (Å²) in [6, 6.07) is 0.0248. The van der Waals surface area contributed by atoms with Crippen LogP contribution in [0.2, 0.25) is 0 Å². The van der Waals surface area contributed by atoms with E-state index in [0.717, 1.165) is 18.7 Å². The second-order valence-corrected chi connectivity index (χ2v) is 5.32. The fourth-order valence-corrected chi connectivity index (χ4v) is 2.35. The van der Waals surface area contributed by atoms with E-state index < -0.39 is 0 Å². The number of nitrogens with zero attached hydrogens (tertiary/aromatic N) is 1. The Bertz CT molecular complexity index is 221. The topological polar surface area (TPSA) is 32.3 Å². The number of rotatable bonds is 5. The smallest absolute Gasteiger partial charge is 0.241 e. The quantitative estimate of drug-likeness (QED) is 0.777. The second-order valence-electron chi connectivity index (χ2n) is 4.34. The van der Waals surface area contributed by atoms with Crippen molar-refractivity contribution in [2.75, 3.05) is 18.6 Å². The molecule has 1 aliphatic heterocycles. The van der Waals surface area contributed by atoms with Gasteiger partial charge in [-0.25, -0.2) is 0 Å². The standard InChI is InChI=1S/C11H22N2OS/c1-5-9-12-10(8(2)3)11(14)13(9)6-7-15-4/h8-10,12H,5-7H2,1-4H3. The predicted molar refractivity (Wildman–Crippen MR) is 65.9 cm³/mol. The molecule has 0 aromatic rings. The lowest BCUT2D eigenvalue weighted by atomic mass is 10.1. The maximum absolute atomic E-state index is 12.1. The zero-order chi connectivity index (χ0) is 11.4. The van der Waals surface area contributed by atoms with E-state index >= 15 is 0 Å². The summed E-state index contributed by atoms with van der Waals surface area (Å²) in [5, 5.41) is 3.42. The van der Waals surface area contributed by atoms with E-state index in [0.29, 0.717) is 5.92 Å². The van der Waals surface area contributed by atoms with Crippen LogP contribution in [-0.4, -0.2) is 41.6 Å². The molecule has 3 nitrogen and oxygen atoms in total. The summed E-state index contributed by atoms with van der Waals surface area (Å²) in [4.78, 5) is 14.1. The molecule has 0 radical (unpaired) electrons. The molecule has 1 rings (SSSR count). The molecular formula is C11H22N2OS. The first kappa shape index (κ1) is 12.8. The number of carbonyl (C=O) groups is 1. The monoisotopic (exact) mass is 230 g/mol. The van der Waals surface area contributed by atoms with Gasteiger partial charge in [-0.15, -0.1) is 0 Å². The summed E-state index contributed by atoms with van der Waals surface area (Å²) < 4.78 is 0. The molecule has 88 valence electrons. The molecule has 1 fully saturated rings. The highest BCUT2D eigenvalue weighted by Crippen LogP contribution is 2.18. The van der Waals surface area contributed by atoms with Gasteiger partial charge in [-0.1, -0.05) is 20.8 Å². The molecule has 4 heteroatoms. The third kappa shape index (κ3) is 2.88. The molecule has 1 N–H and O–H groups in total. The van der Waals surface area contributed by atoms with Gasteiger partial charge in [-0.3, -0.25) is 10.1 Å². The Labute approximate surface area is 97.0 Å². The first-order valence-corrected chi connectivity index (χ1v) is 7.06. The molecule has 1 amide bonds. The van der Waals surface area contributed by atoms with Crippen molar-refractivity contribution in [3.05, 3.63) is 0 Å². The highest BCUT2D eigenvalue weighted by molar-refractivity contribution is 7.98. The van der Waals surface area contributed by atoms with Crippen LogP contribution in [0.3, 0.4) is 0 Å². The molecular weight excluding hydrogens is 208 g/mol. The van der Waals surface area contributed by atoms with E-state index in [9.17, 15) is 4.79 Å². The van der Waals surface area contributed by atoms with Gasteiger partial charge in [0.25, 0.3) is 0 Å². The highest BCUT2D eigenvalue weighted by Gasteiger charge is 2.38. The van der Waals surface area contributed by atoms with E-state index in [1.807, 2.05) is 4.90 Å². The average Bonchev–Trinajstić information content (AvgIpc) is 2.52. The fraction of sp³-hybridized carbons (Fsp3) is 0.909. The van der Waals surface area contributed by atoms with Crippen LogP contribution in [0.5, 0.6) is 0 Å². The van der Waals surface area contributed by atoms with Crippen molar-refractivity contribution in [1.29, 1.82) is 0 Å². The van der Waals surface area contributed by atoms with Crippen LogP contribution >= 0.6 is 11.8 Å². The molecule has 2 unspecified atom stereocenters. The third-order valence-corrected chi connectivity index (χ3v) is 3.48. The lowest BCUT2D eigenvalue weighted by Crippen LogP contribution is -2.38. The number of carbonyl (C=O) groups excluding carboxylic acids is 1. The first-order valence-electron chi connectivity index (χ1n) is 5.67. The van der Waals surface area contributed by atoms with E-state index in [-0.39, 0.29) is 18.1 Å². The van der Waals surface area contributed by atoms with Crippen LogP contribution in [0.15, 0.2) is 0 Å². The van der Waals surface area contributed by atoms with Gasteiger partial charge < -0.3 is 4.90 Å². The molecule has 2 atom stereocenters. The Kier molecular flexibility index (Phi) is 4.93. The summed E-state index contributed by atoms with van der Waals surface area (Å²) in [7, 11) is 0. The number of amides is 1. The van der Waals surface area contributed by atoms with Crippen LogP contribution in [0.4, 0.5) is 0 Å². The Morgan fingerprint density at radius 3 is 2.67 bits per heavy atom. The minimum atomic E-state index is 0.0248. The van der Waals surface area contributed by atoms with E-state index in [2.05, 4.69) is 32.3 Å². The van der Waals surface area contributed by atoms with Gasteiger partial charge in [-0.2, -0.15) is 11.8 Å². The molecule has 0 aromatic carbocycles. The van der Waals surface area contributed by atoms with Crippen molar-refractivity contribution in [3.63, 3.8) is 0 Å². The van der Waals surface area contributed by atoms with Crippen molar-refractivity contribution >= 4 is 17.7 Å². The molecule has 0 aliphatic carbocycles. The number of nitrogens with one attached hydrogen (secondary N) is 1. The van der Waals surface area contributed by atoms with Gasteiger partial charge in [0.15, 0.2) is 0 Å². The van der Waals surface area contributed by atoms with Crippen LogP contribution in [0, 0.1) is 5.92 Å². The van der Waals surface area contributed by atoms with Crippen molar-refractivity contribution < 1.29 is 4.79 Å². The Morgan fingerprint density at radius 1 is 1.53 bits per heavy atom. The van der Waals surface area contributed by atoms with Gasteiger partial charge >= 0.3 is 0 Å². The van der Waals surface area contributed by atoms with Crippen molar-refractivity contribution in [2.45, 2.75) is 39.4 Å². The predicted octanol–water partition coefficient (Wildman–Crippen LogP) is 1.54. The maximum Gasteiger partial charge on any atom is 0.241 e. The first-order chi connectivity index (χ1) is 7.11. The minimum absolute atomic E-state index is 0.0248. The molecule has 0 bridgehead atoms. The molecule has 0 aromatic heterocycles. The van der Waals surface area contributed by atoms with Gasteiger partial charge in [0, 0.05) is 12.3 Å². The maximum atomic E-state index is 12.1. The van der Waals surface area contributed by atoms with E-state index in [1.54, 1.807) is 11.8 Å². The zero-order valence-corrected chi connectivity index (χ0v) is 10.9. The van der Waals surface area contributed by atoms with Crippen molar-refractivity contribution in [2.24, 2.45) is 5.92 Å². The summed E-state index contributed by atoms with van der Waals surface area (Å²) in [6.45, 7) is 7.19. The van der Waals surface area contributed by atoms with Gasteiger partial charge in [-0.05, 0) is 18.6 Å². The Balaban J connectivity index is 2.63. The summed E-state index contributed by atoms with van der Waals surface area (Å²) in [5.41, 5.74) is 0. The normalized spacial score (nSPS) is 26.7. The SMILES string of the molecule is CCC1NC(C(C)C)C(=O)N1CCSC. The van der Waals surface area contributed by atoms with Crippen LogP contribution in [0.1, 0.15) is 27.2 Å². The highest BCUT2D eigenvalue weighted by atomic mass is 32.2. The van der Waals surface area contributed by atoms with Crippen molar-refractivity contribution in [3.8, 4) is 0 Å². The molecule has 15 heavy (non-hydrogen) atoms. The summed E-state index contributed by atoms with van der Waals surface area (Å²) >= 11 is 1.79. The van der Waals surface area contributed by atoms with Crippen LogP contribution in [-0.2, 0) is 4.79 Å². The Hall–Kier alpha value is -0.220. The second kappa shape index (κ2) is 5.75. The third-order valence-electron chi connectivity index (χ3n) is 2.89.